The summed E-state index contributed by atoms with van der Waals surface area (Å²) in [6, 6.07) is 0. The van der Waals surface area contributed by atoms with Crippen LogP contribution in [0.25, 0.3) is 20.4 Å². The van der Waals surface area contributed by atoms with Gasteiger partial charge in [0.25, 0.3) is 0 Å². The maximum Gasteiger partial charge on any atom is 0.236 e. The lowest BCUT2D eigenvalue weighted by molar-refractivity contribution is -0.0396. The molecular weight excluding hydrogens is 444 g/mol. The number of anilines is 1. The number of hydrogen-bond donors (Lipinski definition) is 0. The minimum absolute atomic E-state index is 0.0890. The Morgan fingerprint density at radius 3 is 2.69 bits per heavy atom. The molecule has 0 aromatic carbocycles. The van der Waals surface area contributed by atoms with Crippen molar-refractivity contribution in [3.8, 4) is 5.88 Å². The van der Waals surface area contributed by atoms with Gasteiger partial charge in [-0.15, -0.1) is 11.3 Å². The predicted molar refractivity (Wildman–Crippen MR) is 130 cm³/mol. The van der Waals surface area contributed by atoms with Crippen molar-refractivity contribution in [3.63, 3.8) is 0 Å². The number of morpholine rings is 1. The second-order valence-corrected chi connectivity index (χ2v) is 10.8. The van der Waals surface area contributed by atoms with Gasteiger partial charge in [-0.1, -0.05) is 18.7 Å². The average Bonchev–Trinajstić information content (AvgIpc) is 3.17. The fraction of sp³-hybridized carbons (Fsp3) is 0.609. The fourth-order valence-electron chi connectivity index (χ4n) is 4.29. The van der Waals surface area contributed by atoms with Crippen LogP contribution in [0.2, 0.25) is 0 Å². The number of fused-ring (bicyclic) bond motifs is 5. The third kappa shape index (κ3) is 3.93. The molecule has 32 heavy (non-hydrogen) atoms. The molecule has 0 saturated carbocycles. The quantitative estimate of drug-likeness (QED) is 0.385. The van der Waals surface area contributed by atoms with Crippen molar-refractivity contribution in [2.24, 2.45) is 0 Å². The van der Waals surface area contributed by atoms with Crippen molar-refractivity contribution in [2.45, 2.75) is 64.0 Å². The van der Waals surface area contributed by atoms with Crippen LogP contribution in [0.15, 0.2) is 5.16 Å². The van der Waals surface area contributed by atoms with E-state index in [9.17, 15) is 0 Å². The molecule has 0 bridgehead atoms. The van der Waals surface area contributed by atoms with Gasteiger partial charge in [0, 0.05) is 30.5 Å². The van der Waals surface area contributed by atoms with E-state index in [2.05, 4.69) is 32.6 Å². The molecule has 9 heteroatoms. The molecule has 0 amide bonds. The molecule has 0 spiro atoms. The van der Waals surface area contributed by atoms with Crippen LogP contribution in [0.1, 0.15) is 45.2 Å². The van der Waals surface area contributed by atoms with Gasteiger partial charge in [0.15, 0.2) is 5.16 Å². The van der Waals surface area contributed by atoms with E-state index >= 15 is 0 Å². The van der Waals surface area contributed by atoms with E-state index in [0.717, 1.165) is 70.6 Å². The Hall–Kier alpha value is -1.68. The van der Waals surface area contributed by atoms with Gasteiger partial charge < -0.3 is 19.1 Å². The molecule has 1 saturated heterocycles. The zero-order valence-electron chi connectivity index (χ0n) is 19.4. The zero-order chi connectivity index (χ0) is 22.5. The van der Waals surface area contributed by atoms with Gasteiger partial charge in [-0.2, -0.15) is 4.98 Å². The van der Waals surface area contributed by atoms with Gasteiger partial charge in [0.05, 0.1) is 37.0 Å². The summed E-state index contributed by atoms with van der Waals surface area (Å²) < 4.78 is 19.1. The third-order valence-electron chi connectivity index (χ3n) is 6.20. The summed E-state index contributed by atoms with van der Waals surface area (Å²) in [6.07, 6.45) is 3.84. The lowest BCUT2D eigenvalue weighted by Crippen LogP contribution is -2.39. The first-order valence-electron chi connectivity index (χ1n) is 11.2. The van der Waals surface area contributed by atoms with Crippen LogP contribution in [-0.2, 0) is 22.5 Å². The number of ether oxygens (including phenoxy) is 3. The summed E-state index contributed by atoms with van der Waals surface area (Å²) in [5.41, 5.74) is 3.22. The summed E-state index contributed by atoms with van der Waals surface area (Å²) >= 11 is 3.18. The van der Waals surface area contributed by atoms with Crippen molar-refractivity contribution in [1.29, 1.82) is 0 Å². The van der Waals surface area contributed by atoms with Gasteiger partial charge in [-0.3, -0.25) is 0 Å². The molecular formula is C23H30N4O3S2. The first kappa shape index (κ1) is 22.1. The summed E-state index contributed by atoms with van der Waals surface area (Å²) in [5, 5.41) is 1.87. The molecule has 0 aliphatic carbocycles. The van der Waals surface area contributed by atoms with Crippen molar-refractivity contribution < 1.29 is 14.2 Å². The van der Waals surface area contributed by atoms with E-state index in [4.69, 9.17) is 29.2 Å². The van der Waals surface area contributed by atoms with E-state index in [1.165, 1.54) is 11.1 Å². The van der Waals surface area contributed by atoms with Gasteiger partial charge in [-0.05, 0) is 39.0 Å². The number of rotatable bonds is 5. The van der Waals surface area contributed by atoms with Gasteiger partial charge in [0.1, 0.15) is 15.3 Å². The second-order valence-electron chi connectivity index (χ2n) is 9.03. The molecule has 172 valence electrons. The van der Waals surface area contributed by atoms with Crippen molar-refractivity contribution >= 4 is 49.3 Å². The standard InChI is InChI=1S/C23H30N4O3S2/c1-6-13(2)30-20-18-17(24-22(26-20)31-5)16-14-11-23(3,4)29-12-15(14)19(25-21(16)32-18)27-7-9-28-10-8-27/h13H,6-12H2,1-5H3/t13-/m1/s1. The summed E-state index contributed by atoms with van der Waals surface area (Å²) in [5.74, 6) is 1.70. The number of nitrogens with zero attached hydrogens (tertiary/aromatic N) is 4. The topological polar surface area (TPSA) is 69.6 Å². The number of aromatic nitrogens is 3. The molecule has 3 aromatic heterocycles. The monoisotopic (exact) mass is 474 g/mol. The van der Waals surface area contributed by atoms with Crippen LogP contribution in [0.5, 0.6) is 5.88 Å². The molecule has 2 aliphatic heterocycles. The number of pyridine rings is 1. The highest BCUT2D eigenvalue weighted by molar-refractivity contribution is 7.98. The van der Waals surface area contributed by atoms with Gasteiger partial charge in [-0.25, -0.2) is 9.97 Å². The first-order chi connectivity index (χ1) is 15.4. The zero-order valence-corrected chi connectivity index (χ0v) is 21.0. The van der Waals surface area contributed by atoms with Crippen LogP contribution in [-0.4, -0.2) is 59.2 Å². The van der Waals surface area contributed by atoms with E-state index in [-0.39, 0.29) is 11.7 Å². The van der Waals surface area contributed by atoms with Gasteiger partial charge in [0.2, 0.25) is 5.88 Å². The third-order valence-corrected chi connectivity index (χ3v) is 7.81. The normalized spacial score (nSPS) is 19.3. The number of thioether (sulfide) groups is 1. The Kier molecular flexibility index (Phi) is 5.94. The predicted octanol–water partition coefficient (Wildman–Crippen LogP) is 4.83. The first-order valence-corrected chi connectivity index (χ1v) is 13.3. The maximum atomic E-state index is 6.25. The van der Waals surface area contributed by atoms with E-state index in [1.807, 2.05) is 6.26 Å². The molecule has 7 nitrogen and oxygen atoms in total. The van der Waals surface area contributed by atoms with Gasteiger partial charge >= 0.3 is 0 Å². The molecule has 0 radical (unpaired) electrons. The second kappa shape index (κ2) is 8.59. The molecule has 2 aliphatic rings. The highest BCUT2D eigenvalue weighted by atomic mass is 32.2. The minimum Gasteiger partial charge on any atom is -0.474 e. The minimum atomic E-state index is -0.233. The lowest BCUT2D eigenvalue weighted by Gasteiger charge is -2.36. The molecule has 3 aromatic rings. The molecule has 1 fully saturated rings. The molecule has 0 unspecified atom stereocenters. The Morgan fingerprint density at radius 2 is 1.97 bits per heavy atom. The van der Waals surface area contributed by atoms with E-state index < -0.39 is 0 Å². The van der Waals surface area contributed by atoms with Crippen LogP contribution >= 0.6 is 23.1 Å². The van der Waals surface area contributed by atoms with Crippen LogP contribution in [0, 0.1) is 0 Å². The Bertz CT molecular complexity index is 1160. The molecule has 0 N–H and O–H groups in total. The summed E-state index contributed by atoms with van der Waals surface area (Å²) in [4.78, 5) is 18.2. The highest BCUT2D eigenvalue weighted by Gasteiger charge is 2.33. The van der Waals surface area contributed by atoms with Crippen molar-refractivity contribution in [3.05, 3.63) is 11.1 Å². The van der Waals surface area contributed by atoms with Crippen LogP contribution in [0.3, 0.4) is 0 Å². The summed E-state index contributed by atoms with van der Waals surface area (Å²) in [7, 11) is 0. The van der Waals surface area contributed by atoms with E-state index in [0.29, 0.717) is 12.5 Å². The largest absolute Gasteiger partial charge is 0.474 e. The average molecular weight is 475 g/mol. The summed E-state index contributed by atoms with van der Waals surface area (Å²) in [6.45, 7) is 12.2. The van der Waals surface area contributed by atoms with Crippen molar-refractivity contribution in [1.82, 2.24) is 15.0 Å². The molecule has 5 heterocycles. The van der Waals surface area contributed by atoms with E-state index in [1.54, 1.807) is 23.1 Å². The number of thiophene rings is 1. The van der Waals surface area contributed by atoms with Crippen LogP contribution < -0.4 is 9.64 Å². The Balaban J connectivity index is 1.78. The van der Waals surface area contributed by atoms with Crippen LogP contribution in [0.4, 0.5) is 5.82 Å². The molecule has 1 atom stereocenters. The smallest absolute Gasteiger partial charge is 0.236 e. The lowest BCUT2D eigenvalue weighted by atomic mass is 9.90. The highest BCUT2D eigenvalue weighted by Crippen LogP contribution is 2.45. The number of hydrogen-bond acceptors (Lipinski definition) is 9. The maximum absolute atomic E-state index is 6.25. The fourth-order valence-corrected chi connectivity index (χ4v) is 5.72. The SMILES string of the molecule is CC[C@@H](C)Oc1nc(SC)nc2c1sc1nc(N3CCOCC3)c3c(c12)CC(C)(C)OC3. The Labute approximate surface area is 196 Å². The Morgan fingerprint density at radius 1 is 1.19 bits per heavy atom. The van der Waals surface area contributed by atoms with Crippen molar-refractivity contribution in [2.75, 3.05) is 37.5 Å². The molecule has 5 rings (SSSR count).